The summed E-state index contributed by atoms with van der Waals surface area (Å²) in [5, 5.41) is 0. The van der Waals surface area contributed by atoms with Gasteiger partial charge < -0.3 is 28.4 Å². The molecule has 0 radical (unpaired) electrons. The second kappa shape index (κ2) is 40.8. The van der Waals surface area contributed by atoms with E-state index in [1.807, 2.05) is 41.5 Å². The number of ether oxygens (including phenoxy) is 6. The molecule has 0 N–H and O–H groups in total. The topological polar surface area (TPSA) is 382 Å². The van der Waals surface area contributed by atoms with Crippen LogP contribution in [0.3, 0.4) is 0 Å². The number of carbonyl (C=O) groups excluding carboxylic acids is 18. The van der Waals surface area contributed by atoms with Crippen molar-refractivity contribution in [2.45, 2.75) is 389 Å². The Morgan fingerprint density at radius 3 is 0.849 bits per heavy atom. The third-order valence-corrected chi connectivity index (χ3v) is 32.4. The average Bonchev–Trinajstić information content (AvgIpc) is 1.50. The summed E-state index contributed by atoms with van der Waals surface area (Å²) in [6.07, 6.45) is 31.5. The highest BCUT2D eigenvalue weighted by molar-refractivity contribution is 6.07. The molecule has 10 unspecified atom stereocenters. The van der Waals surface area contributed by atoms with Gasteiger partial charge in [0, 0.05) is 0 Å². The number of hydrogen-bond acceptors (Lipinski definition) is 24. The molecule has 6 saturated heterocycles. The Kier molecular flexibility index (Phi) is 32.8. The molecular weight excluding hydrogens is 1620 g/mol. The van der Waals surface area contributed by atoms with Crippen molar-refractivity contribution >= 4 is 107 Å². The fourth-order valence-electron chi connectivity index (χ4n) is 22.3. The number of esters is 6. The lowest BCUT2D eigenvalue weighted by Crippen LogP contribution is -2.74. The van der Waals surface area contributed by atoms with Gasteiger partial charge in [0.2, 0.25) is 35.4 Å². The first-order valence-electron chi connectivity index (χ1n) is 47.3. The molecule has 10 atom stereocenters. The Morgan fingerprint density at radius 2 is 0.595 bits per heavy atom. The van der Waals surface area contributed by atoms with Crippen LogP contribution >= 0.6 is 0 Å². The van der Waals surface area contributed by atoms with Gasteiger partial charge >= 0.3 is 35.8 Å². The molecule has 6 heterocycles. The van der Waals surface area contributed by atoms with E-state index >= 15 is 0 Å². The largest absolute Gasteiger partial charge is 0.455 e. The number of fused-ring (bicyclic) bond motifs is 6. The minimum atomic E-state index is -0.601. The number of amides is 12. The van der Waals surface area contributed by atoms with E-state index in [0.717, 1.165) is 135 Å². The standard InChI is InChI=1S/2C18H27NO4.C16H25NO4.2C15H23NO4.C14H21NO4/c1-5-17(3,4)16(22)23-10-15(21)19-14(20)9-18(19)11(2)12-6-7-13(18)8-12;1-5-11(2)16(22)23-10-15(21)19-14(20)9-18(19)13-7-6-12(8-13)17(18,3)4;1-4-15(2,3)14(20)21-11-13(19)17-12(18)10-16(17)8-6-5-7-9-16;1-4-14(2,3)13(19)20-10-12(18)16-11(17)9-15(16)7-5-6-8-15;1-3-11(2)14(19)20-10-13(18)16-12(17)9-15(16)7-5-4-6-8-15;1-3-10(2)13(18)19-9-12(17)15-11(16)8-14(15)6-4-5-7-14/h2*11-13H,5-10H2,1-4H3;4-11H2,1-3H3;4-10H2,1-3H3;11H,3-10H2,1-2H3;10H,3-9H2,1-2H3. The van der Waals surface area contributed by atoms with Gasteiger partial charge in [-0.1, -0.05) is 147 Å². The van der Waals surface area contributed by atoms with Crippen LogP contribution in [0.25, 0.3) is 0 Å². The molecule has 6 aliphatic heterocycles. The number of β-lactam (4-membered cyclic amide) rings is 6. The molecule has 12 amide bonds. The molecule has 4 bridgehead atoms. The van der Waals surface area contributed by atoms with Crippen LogP contribution in [0, 0.1) is 69.0 Å². The van der Waals surface area contributed by atoms with Gasteiger partial charge in [-0.3, -0.25) is 116 Å². The third kappa shape index (κ3) is 20.3. The van der Waals surface area contributed by atoms with Gasteiger partial charge in [0.25, 0.3) is 35.4 Å². The summed E-state index contributed by atoms with van der Waals surface area (Å²) < 4.78 is 30.5. The molecule has 14 fully saturated rings. The summed E-state index contributed by atoms with van der Waals surface area (Å²) in [5.41, 5.74) is -3.52. The Bertz CT molecular complexity index is 4130. The first-order chi connectivity index (χ1) is 59.1. The number of hydrogen-bond donors (Lipinski definition) is 0. The maximum absolute atomic E-state index is 12.6. The fourth-order valence-corrected chi connectivity index (χ4v) is 22.3. The molecule has 14 aliphatic rings. The van der Waals surface area contributed by atoms with Crippen molar-refractivity contribution in [2.24, 2.45) is 69.0 Å². The second-order valence-corrected chi connectivity index (χ2v) is 41.3. The molecule has 0 aromatic rings. The van der Waals surface area contributed by atoms with E-state index in [1.165, 1.54) is 48.7 Å². The maximum atomic E-state index is 12.6. The highest BCUT2D eigenvalue weighted by Gasteiger charge is 2.73. The van der Waals surface area contributed by atoms with Crippen molar-refractivity contribution in [1.82, 2.24) is 29.4 Å². The second-order valence-electron chi connectivity index (χ2n) is 41.3. The molecule has 30 heteroatoms. The summed E-state index contributed by atoms with van der Waals surface area (Å²) in [7, 11) is 0. The first kappa shape index (κ1) is 101. The quantitative estimate of drug-likeness (QED) is 0.0492. The van der Waals surface area contributed by atoms with Gasteiger partial charge in [-0.2, -0.15) is 0 Å². The van der Waals surface area contributed by atoms with Gasteiger partial charge in [0.1, 0.15) is 0 Å². The van der Waals surface area contributed by atoms with Gasteiger partial charge in [-0.15, -0.1) is 0 Å². The van der Waals surface area contributed by atoms with Gasteiger partial charge in [-0.05, 0) is 205 Å². The SMILES string of the molecule is CCC(C)(C)C(=O)OCC(=O)N1C(=O)CC12C1CCC(C1)C2C.CCC(C)(C)C(=O)OCC(=O)N1C(=O)CC12CCCC2.CCC(C)(C)C(=O)OCC(=O)N1C(=O)CC12CCCCC2.CCC(C)C(=O)OCC(=O)N1C(=O)CC12C1CCC(C1)C2(C)C.CCC(C)C(=O)OCC(=O)N1C(=O)CC12CCCC2.CCC(C)C(=O)OCC(=O)N1C(=O)CC12CCCCC2. The Balaban J connectivity index is 0.000000171. The summed E-state index contributed by atoms with van der Waals surface area (Å²) in [6.45, 7) is 32.1. The highest BCUT2D eigenvalue weighted by Crippen LogP contribution is 2.68. The van der Waals surface area contributed by atoms with E-state index < -0.39 is 16.2 Å². The molecule has 704 valence electrons. The third-order valence-electron chi connectivity index (χ3n) is 32.4. The van der Waals surface area contributed by atoms with Crippen molar-refractivity contribution in [3.63, 3.8) is 0 Å². The van der Waals surface area contributed by atoms with Crippen LogP contribution in [0.15, 0.2) is 0 Å². The van der Waals surface area contributed by atoms with Crippen LogP contribution in [-0.4, -0.2) is 209 Å². The van der Waals surface area contributed by atoms with Crippen LogP contribution in [0.5, 0.6) is 0 Å². The molecular formula is C96H146N6O24. The number of nitrogens with zero attached hydrogens (tertiary/aromatic N) is 6. The van der Waals surface area contributed by atoms with Crippen LogP contribution in [-0.2, 0) is 115 Å². The normalized spacial score (nSPS) is 26.7. The van der Waals surface area contributed by atoms with Crippen molar-refractivity contribution in [1.29, 1.82) is 0 Å². The summed E-state index contributed by atoms with van der Waals surface area (Å²) in [4.78, 5) is 224. The number of imide groups is 6. The van der Waals surface area contributed by atoms with Crippen molar-refractivity contribution < 1.29 is 115 Å². The van der Waals surface area contributed by atoms with Crippen LogP contribution < -0.4 is 0 Å². The van der Waals surface area contributed by atoms with E-state index in [-0.39, 0.29) is 203 Å². The Morgan fingerprint density at radius 1 is 0.333 bits per heavy atom. The lowest BCUT2D eigenvalue weighted by Gasteiger charge is -2.61. The summed E-state index contributed by atoms with van der Waals surface area (Å²) >= 11 is 0. The zero-order valence-electron chi connectivity index (χ0n) is 78.8. The minimum absolute atomic E-state index is 0.0415. The number of rotatable bonds is 24. The van der Waals surface area contributed by atoms with Gasteiger partial charge in [0.15, 0.2) is 39.6 Å². The van der Waals surface area contributed by atoms with E-state index in [9.17, 15) is 86.3 Å². The zero-order valence-corrected chi connectivity index (χ0v) is 78.8. The summed E-state index contributed by atoms with van der Waals surface area (Å²) in [6, 6.07) is 0. The molecule has 126 heavy (non-hydrogen) atoms. The smallest absolute Gasteiger partial charge is 0.312 e. The van der Waals surface area contributed by atoms with Crippen molar-refractivity contribution in [2.75, 3.05) is 39.6 Å². The van der Waals surface area contributed by atoms with Crippen LogP contribution in [0.1, 0.15) is 356 Å². The highest BCUT2D eigenvalue weighted by atomic mass is 16.6. The molecule has 6 spiro atoms. The van der Waals surface area contributed by atoms with Crippen LogP contribution in [0.4, 0.5) is 0 Å². The molecule has 8 aliphatic carbocycles. The predicted octanol–water partition coefficient (Wildman–Crippen LogP) is 13.2. The predicted molar refractivity (Wildman–Crippen MR) is 459 cm³/mol. The molecule has 8 saturated carbocycles. The Hall–Kier alpha value is -8.34. The average molecular weight is 1770 g/mol. The number of likely N-dealkylation sites (tertiary alicyclic amines) is 6. The fraction of sp³-hybridized carbons (Fsp3) is 0.812. The zero-order chi connectivity index (χ0) is 93.4. The van der Waals surface area contributed by atoms with E-state index in [2.05, 4.69) is 20.8 Å². The lowest BCUT2D eigenvalue weighted by atomic mass is 9.57. The monoisotopic (exact) mass is 1770 g/mol. The lowest BCUT2D eigenvalue weighted by molar-refractivity contribution is -0.190. The molecule has 30 nitrogen and oxygen atoms in total. The van der Waals surface area contributed by atoms with Crippen molar-refractivity contribution in [3.8, 4) is 0 Å². The maximum Gasteiger partial charge on any atom is 0.312 e. The molecule has 14 rings (SSSR count). The Labute approximate surface area is 745 Å². The van der Waals surface area contributed by atoms with E-state index in [1.54, 1.807) is 62.3 Å². The molecule has 0 aromatic heterocycles. The molecule has 0 aromatic carbocycles. The van der Waals surface area contributed by atoms with Gasteiger partial charge in [-0.25, -0.2) is 0 Å². The van der Waals surface area contributed by atoms with E-state index in [0.29, 0.717) is 107 Å². The van der Waals surface area contributed by atoms with Crippen molar-refractivity contribution in [3.05, 3.63) is 0 Å². The summed E-state index contributed by atoms with van der Waals surface area (Å²) in [5.74, 6) is -3.38. The first-order valence-corrected chi connectivity index (χ1v) is 47.3. The van der Waals surface area contributed by atoms with E-state index in [4.69, 9.17) is 28.4 Å². The number of carbonyl (C=O) groups is 18. The van der Waals surface area contributed by atoms with Crippen LogP contribution in [0.2, 0.25) is 0 Å². The van der Waals surface area contributed by atoms with Gasteiger partial charge in [0.05, 0.1) is 106 Å². The minimum Gasteiger partial charge on any atom is -0.455 e.